The topological polar surface area (TPSA) is 57.3 Å². The van der Waals surface area contributed by atoms with E-state index >= 15 is 0 Å². The number of carbonyl (C=O) groups excluding carboxylic acids is 1. The largest absolute Gasteiger partial charge is 0.353 e. The van der Waals surface area contributed by atoms with Gasteiger partial charge in [0.25, 0.3) is 0 Å². The molecule has 0 radical (unpaired) electrons. The molecule has 6 heteroatoms. The summed E-state index contributed by atoms with van der Waals surface area (Å²) >= 11 is 6.18. The fourth-order valence-electron chi connectivity index (χ4n) is 3.06. The molecule has 0 saturated carbocycles. The third-order valence-electron chi connectivity index (χ3n) is 4.20. The molecule has 5 nitrogen and oxygen atoms in total. The molecular weight excluding hydrogens is 288 g/mol. The van der Waals surface area contributed by atoms with E-state index in [4.69, 9.17) is 11.6 Å². The Morgan fingerprint density at radius 2 is 2.33 bits per heavy atom. The average molecular weight is 309 g/mol. The van der Waals surface area contributed by atoms with Crippen LogP contribution in [0, 0.1) is 0 Å². The Hall–Kier alpha value is -1.33. The van der Waals surface area contributed by atoms with E-state index in [1.54, 1.807) is 6.20 Å². The van der Waals surface area contributed by atoms with Gasteiger partial charge in [0.1, 0.15) is 5.82 Å². The predicted molar refractivity (Wildman–Crippen MR) is 83.6 cm³/mol. The molecule has 114 valence electrons. The van der Waals surface area contributed by atoms with Crippen LogP contribution in [0.1, 0.15) is 25.7 Å². The molecule has 1 aromatic heterocycles. The summed E-state index contributed by atoms with van der Waals surface area (Å²) < 4.78 is 0. The van der Waals surface area contributed by atoms with E-state index in [0.717, 1.165) is 44.7 Å². The second kappa shape index (κ2) is 6.62. The first-order chi connectivity index (χ1) is 10.2. The molecule has 2 fully saturated rings. The molecular formula is C15H21ClN4O. The normalized spacial score (nSPS) is 25.9. The van der Waals surface area contributed by atoms with Crippen molar-refractivity contribution in [1.29, 1.82) is 0 Å². The number of pyridine rings is 1. The van der Waals surface area contributed by atoms with E-state index in [9.17, 15) is 4.79 Å². The Morgan fingerprint density at radius 3 is 3.10 bits per heavy atom. The highest BCUT2D eigenvalue weighted by Gasteiger charge is 2.28. The number of nitrogens with one attached hydrogen (secondary N) is 2. The van der Waals surface area contributed by atoms with Crippen LogP contribution in [-0.4, -0.2) is 42.6 Å². The Morgan fingerprint density at radius 1 is 1.43 bits per heavy atom. The average Bonchev–Trinajstić information content (AvgIpc) is 2.97. The first-order valence-corrected chi connectivity index (χ1v) is 8.01. The highest BCUT2D eigenvalue weighted by atomic mass is 35.5. The molecule has 1 amide bonds. The fourth-order valence-corrected chi connectivity index (χ4v) is 3.30. The van der Waals surface area contributed by atoms with Crippen LogP contribution in [-0.2, 0) is 4.79 Å². The Bertz CT molecular complexity index is 504. The lowest BCUT2D eigenvalue weighted by Crippen LogP contribution is -2.50. The Labute approximate surface area is 130 Å². The lowest BCUT2D eigenvalue weighted by atomic mass is 10.0. The van der Waals surface area contributed by atoms with Gasteiger partial charge in [0.05, 0.1) is 11.1 Å². The Balaban J connectivity index is 1.55. The zero-order valence-corrected chi connectivity index (χ0v) is 12.8. The second-order valence-corrected chi connectivity index (χ2v) is 6.16. The maximum absolute atomic E-state index is 12.2. The maximum atomic E-state index is 12.2. The van der Waals surface area contributed by atoms with Crippen LogP contribution in [0.25, 0.3) is 0 Å². The molecule has 21 heavy (non-hydrogen) atoms. The third-order valence-corrected chi connectivity index (χ3v) is 4.50. The molecule has 2 aliphatic heterocycles. The first-order valence-electron chi connectivity index (χ1n) is 7.63. The molecule has 0 aromatic carbocycles. The lowest BCUT2D eigenvalue weighted by Gasteiger charge is -2.24. The van der Waals surface area contributed by atoms with Crippen molar-refractivity contribution in [1.82, 2.24) is 15.6 Å². The summed E-state index contributed by atoms with van der Waals surface area (Å²) in [4.78, 5) is 18.7. The minimum atomic E-state index is -0.0220. The summed E-state index contributed by atoms with van der Waals surface area (Å²) in [6, 6.07) is 3.84. The quantitative estimate of drug-likeness (QED) is 0.890. The zero-order chi connectivity index (χ0) is 14.7. The number of carbonyl (C=O) groups is 1. The molecule has 2 N–H and O–H groups in total. The van der Waals surface area contributed by atoms with Gasteiger partial charge >= 0.3 is 0 Å². The van der Waals surface area contributed by atoms with Crippen molar-refractivity contribution in [2.45, 2.75) is 37.8 Å². The lowest BCUT2D eigenvalue weighted by molar-refractivity contribution is -0.124. The van der Waals surface area contributed by atoms with Gasteiger partial charge in [-0.1, -0.05) is 18.0 Å². The number of piperidine rings is 1. The molecule has 0 spiro atoms. The van der Waals surface area contributed by atoms with Gasteiger partial charge in [-0.25, -0.2) is 4.98 Å². The van der Waals surface area contributed by atoms with Gasteiger partial charge < -0.3 is 15.5 Å². The van der Waals surface area contributed by atoms with E-state index < -0.39 is 0 Å². The van der Waals surface area contributed by atoms with Crippen LogP contribution in [0.5, 0.6) is 0 Å². The van der Waals surface area contributed by atoms with Crippen LogP contribution < -0.4 is 15.5 Å². The zero-order valence-electron chi connectivity index (χ0n) is 12.0. The van der Waals surface area contributed by atoms with E-state index in [0.29, 0.717) is 5.02 Å². The van der Waals surface area contributed by atoms with Crippen LogP contribution in [0.15, 0.2) is 18.3 Å². The molecule has 0 bridgehead atoms. The van der Waals surface area contributed by atoms with Crippen molar-refractivity contribution in [3.8, 4) is 0 Å². The molecule has 2 saturated heterocycles. The maximum Gasteiger partial charge on any atom is 0.237 e. The molecule has 0 aliphatic carbocycles. The van der Waals surface area contributed by atoms with Crippen molar-refractivity contribution in [3.63, 3.8) is 0 Å². The third kappa shape index (κ3) is 3.47. The van der Waals surface area contributed by atoms with Gasteiger partial charge in [0.2, 0.25) is 5.91 Å². The van der Waals surface area contributed by atoms with Crippen LogP contribution >= 0.6 is 11.6 Å². The van der Waals surface area contributed by atoms with E-state index in [1.165, 1.54) is 6.42 Å². The van der Waals surface area contributed by atoms with Crippen molar-refractivity contribution >= 4 is 23.3 Å². The van der Waals surface area contributed by atoms with Crippen LogP contribution in [0.4, 0.5) is 5.82 Å². The van der Waals surface area contributed by atoms with Gasteiger partial charge in [-0.05, 0) is 37.9 Å². The highest BCUT2D eigenvalue weighted by Crippen LogP contribution is 2.25. The predicted octanol–water partition coefficient (Wildman–Crippen LogP) is 1.57. The summed E-state index contributed by atoms with van der Waals surface area (Å²) in [6.45, 7) is 2.59. The van der Waals surface area contributed by atoms with Crippen molar-refractivity contribution < 1.29 is 4.79 Å². The number of rotatable bonds is 3. The smallest absolute Gasteiger partial charge is 0.237 e. The van der Waals surface area contributed by atoms with E-state index in [-0.39, 0.29) is 18.0 Å². The molecule has 3 rings (SSSR count). The number of halogens is 1. The summed E-state index contributed by atoms with van der Waals surface area (Å²) in [5, 5.41) is 7.10. The van der Waals surface area contributed by atoms with Gasteiger partial charge in [-0.3, -0.25) is 4.79 Å². The molecule has 2 atom stereocenters. The molecule has 1 aromatic rings. The van der Waals surface area contributed by atoms with Crippen molar-refractivity contribution in [2.75, 3.05) is 24.5 Å². The van der Waals surface area contributed by atoms with Crippen molar-refractivity contribution in [2.24, 2.45) is 0 Å². The summed E-state index contributed by atoms with van der Waals surface area (Å²) in [5.41, 5.74) is 0. The fraction of sp³-hybridized carbons (Fsp3) is 0.600. The summed E-state index contributed by atoms with van der Waals surface area (Å²) in [7, 11) is 0. The van der Waals surface area contributed by atoms with Crippen LogP contribution in [0.3, 0.4) is 0 Å². The van der Waals surface area contributed by atoms with E-state index in [1.807, 2.05) is 12.1 Å². The molecule has 2 aliphatic rings. The first kappa shape index (κ1) is 14.6. The number of nitrogens with zero attached hydrogens (tertiary/aromatic N) is 2. The van der Waals surface area contributed by atoms with Crippen molar-refractivity contribution in [3.05, 3.63) is 23.4 Å². The minimum absolute atomic E-state index is 0.0220. The number of anilines is 1. The number of hydrogen-bond donors (Lipinski definition) is 2. The van der Waals surface area contributed by atoms with E-state index in [2.05, 4.69) is 20.5 Å². The standard InChI is InChI=1S/C15H21ClN4O/c16-12-4-3-8-18-14(12)20-9-6-11(10-20)19-15(21)13-5-1-2-7-17-13/h3-4,8,11,13,17H,1-2,5-7,9-10H2,(H,19,21)/t11?,13-/m1/s1. The molecule has 1 unspecified atom stereocenters. The number of amides is 1. The second-order valence-electron chi connectivity index (χ2n) is 5.75. The monoisotopic (exact) mass is 308 g/mol. The van der Waals surface area contributed by atoms with Crippen LogP contribution in [0.2, 0.25) is 5.02 Å². The van der Waals surface area contributed by atoms with Gasteiger partial charge in [-0.2, -0.15) is 0 Å². The number of aromatic nitrogens is 1. The Kier molecular flexibility index (Phi) is 4.60. The molecule has 3 heterocycles. The van der Waals surface area contributed by atoms with Gasteiger partial charge in [0, 0.05) is 25.3 Å². The highest BCUT2D eigenvalue weighted by molar-refractivity contribution is 6.32. The summed E-state index contributed by atoms with van der Waals surface area (Å²) in [5.74, 6) is 0.945. The van der Waals surface area contributed by atoms with Gasteiger partial charge in [0.15, 0.2) is 0 Å². The number of hydrogen-bond acceptors (Lipinski definition) is 4. The SMILES string of the molecule is O=C(NC1CCN(c2ncccc2Cl)C1)[C@H]1CCCCN1. The summed E-state index contributed by atoms with van der Waals surface area (Å²) in [6.07, 6.45) is 5.92. The van der Waals surface area contributed by atoms with Gasteiger partial charge in [-0.15, -0.1) is 0 Å². The minimum Gasteiger partial charge on any atom is -0.353 e.